The lowest BCUT2D eigenvalue weighted by Crippen LogP contribution is -2.34. The highest BCUT2D eigenvalue weighted by Crippen LogP contribution is 2.33. The zero-order valence-electron chi connectivity index (χ0n) is 24.5. The van der Waals surface area contributed by atoms with Gasteiger partial charge in [-0.05, 0) is 35.4 Å². The smallest absolute Gasteiger partial charge is 0.433 e. The molecule has 4 rings (SSSR count). The van der Waals surface area contributed by atoms with Crippen LogP contribution < -0.4 is 15.4 Å². The Morgan fingerprint density at radius 1 is 1.04 bits per heavy atom. The van der Waals surface area contributed by atoms with Crippen LogP contribution in [0.15, 0.2) is 42.5 Å². The molecule has 2 aromatic heterocycles. The van der Waals surface area contributed by atoms with E-state index in [1.807, 2.05) is 0 Å². The van der Waals surface area contributed by atoms with Crippen molar-refractivity contribution in [3.05, 3.63) is 80.7 Å². The van der Waals surface area contributed by atoms with Gasteiger partial charge < -0.3 is 19.9 Å². The summed E-state index contributed by atoms with van der Waals surface area (Å²) >= 11 is 13.2. The van der Waals surface area contributed by atoms with Crippen LogP contribution in [0, 0.1) is 5.41 Å². The van der Waals surface area contributed by atoms with Crippen LogP contribution in [0.2, 0.25) is 10.0 Å². The number of carbonyl (C=O) groups excluding carboxylic acids is 2. The summed E-state index contributed by atoms with van der Waals surface area (Å²) < 4.78 is 72.3. The molecule has 0 fully saturated rings. The molecule has 15 heteroatoms. The molecule has 0 bridgehead atoms. The van der Waals surface area contributed by atoms with Crippen LogP contribution >= 0.6 is 23.2 Å². The van der Waals surface area contributed by atoms with Crippen molar-refractivity contribution >= 4 is 51.9 Å². The first-order chi connectivity index (χ1) is 21.0. The third-order valence-corrected chi connectivity index (χ3v) is 7.51. The van der Waals surface area contributed by atoms with Gasteiger partial charge >= 0.3 is 6.18 Å². The number of anilines is 1. The van der Waals surface area contributed by atoms with Crippen LogP contribution in [0.1, 0.15) is 53.8 Å². The predicted molar refractivity (Wildman–Crippen MR) is 160 cm³/mol. The Hall–Kier alpha value is -3.97. The van der Waals surface area contributed by atoms with Crippen molar-refractivity contribution in [2.45, 2.75) is 46.3 Å². The molecular formula is C30H28Cl2F5N5O3. The molecule has 2 heterocycles. The second-order valence-corrected chi connectivity index (χ2v) is 11.9. The summed E-state index contributed by atoms with van der Waals surface area (Å²) in [5, 5.41) is 5.76. The number of rotatable bonds is 9. The molecule has 0 aliphatic rings. The molecule has 0 saturated heterocycles. The first-order valence-electron chi connectivity index (χ1n) is 13.5. The average molecular weight is 672 g/mol. The summed E-state index contributed by atoms with van der Waals surface area (Å²) in [7, 11) is 1.66. The fraction of sp³-hybridized carbons (Fsp3) is 0.333. The SMILES string of the molecule is Cn1c(Cc2c(Cl)ccc(CNC(=O)C(C)(C)C)c2Cl)nc2cc(C(=O)Nc3cccc(C(F)(F)F)n3)c(OCC(F)F)cc21. The first kappa shape index (κ1) is 33.9. The van der Waals surface area contributed by atoms with Crippen LogP contribution in [0.4, 0.5) is 27.8 Å². The molecule has 0 radical (unpaired) electrons. The van der Waals surface area contributed by atoms with E-state index in [0.717, 1.165) is 18.2 Å². The Labute approximate surface area is 264 Å². The summed E-state index contributed by atoms with van der Waals surface area (Å²) in [6, 6.07) is 8.92. The minimum atomic E-state index is -4.75. The Balaban J connectivity index is 1.69. The zero-order chi connectivity index (χ0) is 33.3. The van der Waals surface area contributed by atoms with Crippen molar-refractivity contribution in [2.75, 3.05) is 11.9 Å². The molecule has 4 aromatic rings. The van der Waals surface area contributed by atoms with Crippen LogP contribution in [0.25, 0.3) is 11.0 Å². The van der Waals surface area contributed by atoms with E-state index in [0.29, 0.717) is 32.5 Å². The second kappa shape index (κ2) is 13.2. The number of ether oxygens (including phenoxy) is 1. The summed E-state index contributed by atoms with van der Waals surface area (Å²) in [4.78, 5) is 33.5. The van der Waals surface area contributed by atoms with Gasteiger partial charge in [0.2, 0.25) is 5.91 Å². The largest absolute Gasteiger partial charge is 0.487 e. The van der Waals surface area contributed by atoms with Crippen molar-refractivity contribution < 1.29 is 36.3 Å². The summed E-state index contributed by atoms with van der Waals surface area (Å²) in [6.07, 6.45) is -7.50. The zero-order valence-corrected chi connectivity index (χ0v) is 26.0. The summed E-state index contributed by atoms with van der Waals surface area (Å²) in [5.74, 6) is -1.33. The topological polar surface area (TPSA) is 98.1 Å². The quantitative estimate of drug-likeness (QED) is 0.180. The maximum atomic E-state index is 13.2. The van der Waals surface area contributed by atoms with E-state index in [4.69, 9.17) is 27.9 Å². The number of hydrogen-bond acceptors (Lipinski definition) is 5. The molecular weight excluding hydrogens is 644 g/mol. The van der Waals surface area contributed by atoms with Crippen molar-refractivity contribution in [1.29, 1.82) is 0 Å². The van der Waals surface area contributed by atoms with Gasteiger partial charge in [-0.3, -0.25) is 9.59 Å². The lowest BCUT2D eigenvalue weighted by Gasteiger charge is -2.18. The van der Waals surface area contributed by atoms with Gasteiger partial charge in [-0.15, -0.1) is 0 Å². The van der Waals surface area contributed by atoms with Gasteiger partial charge in [0.1, 0.15) is 29.7 Å². The number of nitrogens with zero attached hydrogens (tertiary/aromatic N) is 3. The summed E-state index contributed by atoms with van der Waals surface area (Å²) in [6.45, 7) is 4.46. The maximum absolute atomic E-state index is 13.2. The Morgan fingerprint density at radius 3 is 2.40 bits per heavy atom. The number of alkyl halides is 5. The van der Waals surface area contributed by atoms with Crippen molar-refractivity contribution in [3.8, 4) is 5.75 Å². The lowest BCUT2D eigenvalue weighted by molar-refractivity contribution is -0.141. The van der Waals surface area contributed by atoms with E-state index in [2.05, 4.69) is 20.6 Å². The van der Waals surface area contributed by atoms with Crippen molar-refractivity contribution in [3.63, 3.8) is 0 Å². The minimum Gasteiger partial charge on any atom is -0.487 e. The van der Waals surface area contributed by atoms with E-state index in [-0.39, 0.29) is 35.7 Å². The number of pyridine rings is 1. The molecule has 45 heavy (non-hydrogen) atoms. The Kier molecular flexibility index (Phi) is 9.93. The number of fused-ring (bicyclic) bond motifs is 1. The molecule has 2 amide bonds. The van der Waals surface area contributed by atoms with Gasteiger partial charge in [0, 0.05) is 36.5 Å². The molecule has 8 nitrogen and oxygen atoms in total. The molecule has 0 unspecified atom stereocenters. The highest BCUT2D eigenvalue weighted by molar-refractivity contribution is 6.36. The van der Waals surface area contributed by atoms with E-state index in [9.17, 15) is 31.5 Å². The van der Waals surface area contributed by atoms with Gasteiger partial charge in [0.15, 0.2) is 0 Å². The third kappa shape index (κ3) is 8.01. The number of amides is 2. The second-order valence-electron chi connectivity index (χ2n) is 11.1. The predicted octanol–water partition coefficient (Wildman–Crippen LogP) is 7.44. The van der Waals surface area contributed by atoms with Crippen molar-refractivity contribution in [2.24, 2.45) is 12.5 Å². The fourth-order valence-corrected chi connectivity index (χ4v) is 4.84. The van der Waals surface area contributed by atoms with Gasteiger partial charge in [-0.1, -0.05) is 56.1 Å². The Morgan fingerprint density at radius 2 is 1.76 bits per heavy atom. The molecule has 2 N–H and O–H groups in total. The van der Waals surface area contributed by atoms with E-state index in [1.54, 1.807) is 44.5 Å². The molecule has 0 atom stereocenters. The van der Waals surface area contributed by atoms with Gasteiger partial charge in [-0.2, -0.15) is 13.2 Å². The number of nitrogens with one attached hydrogen (secondary N) is 2. The number of imidazole rings is 1. The third-order valence-electron chi connectivity index (χ3n) is 6.69. The van der Waals surface area contributed by atoms with E-state index < -0.39 is 42.0 Å². The highest BCUT2D eigenvalue weighted by atomic mass is 35.5. The monoisotopic (exact) mass is 671 g/mol. The number of aryl methyl sites for hydroxylation is 1. The minimum absolute atomic E-state index is 0.118. The van der Waals surface area contributed by atoms with Crippen molar-refractivity contribution in [1.82, 2.24) is 19.9 Å². The fourth-order valence-electron chi connectivity index (χ4n) is 4.27. The molecule has 2 aromatic carbocycles. The van der Waals surface area contributed by atoms with Crippen LogP contribution in [0.3, 0.4) is 0 Å². The first-order valence-corrected chi connectivity index (χ1v) is 14.2. The Bertz CT molecular complexity index is 1750. The number of benzene rings is 2. The lowest BCUT2D eigenvalue weighted by atomic mass is 9.95. The molecule has 0 saturated carbocycles. The maximum Gasteiger partial charge on any atom is 0.433 e. The standard InChI is InChI=1S/C30H28Cl2F5N5O3/c1-29(2,3)28(44)38-13-15-8-9-18(31)16(26(15)32)11-25-39-19-10-17(21(45-14-23(33)34)12-20(19)42(25)4)27(43)41-24-7-5-6-22(40-24)30(35,36)37/h5-10,12,23H,11,13-14H2,1-4H3,(H,38,44)(H,40,41,43). The van der Waals surface area contributed by atoms with Gasteiger partial charge in [-0.25, -0.2) is 18.7 Å². The van der Waals surface area contributed by atoms with E-state index >= 15 is 0 Å². The number of aromatic nitrogens is 3. The average Bonchev–Trinajstić information content (AvgIpc) is 3.25. The summed E-state index contributed by atoms with van der Waals surface area (Å²) in [5.41, 5.74) is -0.272. The molecule has 240 valence electrons. The normalized spacial score (nSPS) is 12.1. The molecule has 0 aliphatic carbocycles. The molecule has 0 aliphatic heterocycles. The van der Waals surface area contributed by atoms with Crippen LogP contribution in [-0.2, 0) is 31.0 Å². The van der Waals surface area contributed by atoms with E-state index in [1.165, 1.54) is 12.1 Å². The number of halogens is 7. The van der Waals surface area contributed by atoms with Gasteiger partial charge in [0.05, 0.1) is 21.6 Å². The highest BCUT2D eigenvalue weighted by Gasteiger charge is 2.32. The van der Waals surface area contributed by atoms with Crippen LogP contribution in [0.5, 0.6) is 5.75 Å². The van der Waals surface area contributed by atoms with Crippen LogP contribution in [-0.4, -0.2) is 39.4 Å². The molecule has 0 spiro atoms. The van der Waals surface area contributed by atoms with Gasteiger partial charge in [0.25, 0.3) is 12.3 Å². The number of hydrogen-bond donors (Lipinski definition) is 2. The number of carbonyl (C=O) groups is 2.